The fraction of sp³-hybridized carbons (Fsp3) is 0.700. The van der Waals surface area contributed by atoms with Crippen molar-refractivity contribution in [2.75, 3.05) is 20.1 Å². The van der Waals surface area contributed by atoms with E-state index < -0.39 is 0 Å². The Kier molecular flexibility index (Phi) is 3.15. The molecule has 1 aromatic rings. The number of rotatable bonds is 3. The zero-order chi connectivity index (χ0) is 9.97. The summed E-state index contributed by atoms with van der Waals surface area (Å²) in [6.45, 7) is 3.08. The topological polar surface area (TPSA) is 42.2 Å². The largest absolute Gasteiger partial charge is 0.326 e. The first-order chi connectivity index (χ1) is 6.78. The maximum atomic E-state index is 5.56. The first-order valence-electron chi connectivity index (χ1n) is 5.10. The van der Waals surface area contributed by atoms with Gasteiger partial charge in [-0.3, -0.25) is 0 Å². The zero-order valence-electron chi connectivity index (χ0n) is 8.57. The summed E-state index contributed by atoms with van der Waals surface area (Å²) in [5, 5.41) is 1.26. The minimum Gasteiger partial charge on any atom is -0.326 e. The maximum Gasteiger partial charge on any atom is 0.0931 e. The summed E-state index contributed by atoms with van der Waals surface area (Å²) in [6, 6.07) is 0. The molecule has 0 bridgehead atoms. The van der Waals surface area contributed by atoms with Crippen LogP contribution in [-0.2, 0) is 13.0 Å². The highest BCUT2D eigenvalue weighted by atomic mass is 32.1. The predicted molar refractivity (Wildman–Crippen MR) is 59.3 cm³/mol. The third-order valence-electron chi connectivity index (χ3n) is 2.75. The highest BCUT2D eigenvalue weighted by molar-refractivity contribution is 7.11. The van der Waals surface area contributed by atoms with Gasteiger partial charge in [0, 0.05) is 30.6 Å². The molecule has 4 heteroatoms. The Morgan fingerprint density at radius 3 is 3.14 bits per heavy atom. The highest BCUT2D eigenvalue weighted by Gasteiger charge is 2.20. The van der Waals surface area contributed by atoms with E-state index in [1.54, 1.807) is 11.3 Å². The molecule has 3 nitrogen and oxygen atoms in total. The number of hydrogen-bond donors (Lipinski definition) is 1. The van der Waals surface area contributed by atoms with Crippen LogP contribution in [0, 0.1) is 5.92 Å². The van der Waals surface area contributed by atoms with Crippen LogP contribution in [0.15, 0.2) is 6.20 Å². The Morgan fingerprint density at radius 1 is 1.71 bits per heavy atom. The Bertz CT molecular complexity index is 297. The van der Waals surface area contributed by atoms with Gasteiger partial charge in [0.15, 0.2) is 0 Å². The molecule has 2 heterocycles. The van der Waals surface area contributed by atoms with Crippen molar-refractivity contribution in [1.82, 2.24) is 9.88 Å². The molecule has 1 aliphatic rings. The molecule has 1 fully saturated rings. The second kappa shape index (κ2) is 4.38. The van der Waals surface area contributed by atoms with E-state index in [0.29, 0.717) is 6.54 Å². The average Bonchev–Trinajstić information content (AvgIpc) is 2.76. The van der Waals surface area contributed by atoms with Crippen LogP contribution in [0.4, 0.5) is 0 Å². The van der Waals surface area contributed by atoms with Crippen LogP contribution in [0.2, 0.25) is 0 Å². The Labute approximate surface area is 88.9 Å². The molecule has 0 amide bonds. The normalized spacial score (nSPS) is 23.1. The van der Waals surface area contributed by atoms with Crippen molar-refractivity contribution in [1.29, 1.82) is 0 Å². The smallest absolute Gasteiger partial charge is 0.0931 e. The van der Waals surface area contributed by atoms with Gasteiger partial charge in [-0.25, -0.2) is 4.98 Å². The molecule has 14 heavy (non-hydrogen) atoms. The van der Waals surface area contributed by atoms with E-state index in [9.17, 15) is 0 Å². The summed E-state index contributed by atoms with van der Waals surface area (Å²) in [5.74, 6) is 0.803. The lowest BCUT2D eigenvalue weighted by atomic mass is 10.1. The summed E-state index contributed by atoms with van der Waals surface area (Å²) < 4.78 is 0. The molecular formula is C10H17N3S. The Balaban J connectivity index is 1.90. The van der Waals surface area contributed by atoms with E-state index in [-0.39, 0.29) is 0 Å². The number of hydrogen-bond acceptors (Lipinski definition) is 4. The van der Waals surface area contributed by atoms with Crippen molar-refractivity contribution in [2.45, 2.75) is 19.4 Å². The first kappa shape index (κ1) is 10.1. The summed E-state index contributed by atoms with van der Waals surface area (Å²) in [5.41, 5.74) is 5.56. The minimum atomic E-state index is 0.627. The van der Waals surface area contributed by atoms with Gasteiger partial charge < -0.3 is 10.6 Å². The van der Waals surface area contributed by atoms with Crippen LogP contribution in [-0.4, -0.2) is 30.0 Å². The van der Waals surface area contributed by atoms with E-state index in [4.69, 9.17) is 5.73 Å². The fourth-order valence-corrected chi connectivity index (χ4v) is 2.89. The lowest BCUT2D eigenvalue weighted by molar-refractivity contribution is 0.394. The maximum absolute atomic E-state index is 5.56. The van der Waals surface area contributed by atoms with Gasteiger partial charge in [-0.1, -0.05) is 0 Å². The highest BCUT2D eigenvalue weighted by Crippen LogP contribution is 2.22. The van der Waals surface area contributed by atoms with E-state index in [0.717, 1.165) is 12.3 Å². The molecule has 2 N–H and O–H groups in total. The van der Waals surface area contributed by atoms with Gasteiger partial charge >= 0.3 is 0 Å². The number of nitrogens with zero attached hydrogens (tertiary/aromatic N) is 2. The summed E-state index contributed by atoms with van der Waals surface area (Å²) in [4.78, 5) is 7.99. The van der Waals surface area contributed by atoms with Crippen LogP contribution in [0.25, 0.3) is 0 Å². The van der Waals surface area contributed by atoms with Gasteiger partial charge in [-0.15, -0.1) is 11.3 Å². The standard InChI is InChI=1S/C10H17N3S/c1-13-3-2-8(7-13)4-10-12-6-9(5-11)14-10/h6,8H,2-5,7,11H2,1H3. The monoisotopic (exact) mass is 211 g/mol. The van der Waals surface area contributed by atoms with E-state index >= 15 is 0 Å². The van der Waals surface area contributed by atoms with Crippen LogP contribution < -0.4 is 5.73 Å². The van der Waals surface area contributed by atoms with E-state index in [2.05, 4.69) is 16.9 Å². The van der Waals surface area contributed by atoms with Gasteiger partial charge in [0.25, 0.3) is 0 Å². The van der Waals surface area contributed by atoms with Crippen molar-refractivity contribution in [3.63, 3.8) is 0 Å². The van der Waals surface area contributed by atoms with Crippen molar-refractivity contribution < 1.29 is 0 Å². The lowest BCUT2D eigenvalue weighted by Crippen LogP contribution is -2.14. The number of aromatic nitrogens is 1. The van der Waals surface area contributed by atoms with Crippen molar-refractivity contribution in [2.24, 2.45) is 11.7 Å². The number of thiazole rings is 1. The first-order valence-corrected chi connectivity index (χ1v) is 5.91. The molecule has 0 radical (unpaired) electrons. The van der Waals surface area contributed by atoms with Gasteiger partial charge in [0.2, 0.25) is 0 Å². The number of likely N-dealkylation sites (tertiary alicyclic amines) is 1. The second-order valence-electron chi connectivity index (χ2n) is 4.05. The molecule has 1 aliphatic heterocycles. The second-order valence-corrected chi connectivity index (χ2v) is 5.25. The van der Waals surface area contributed by atoms with Crippen molar-refractivity contribution in [3.8, 4) is 0 Å². The fourth-order valence-electron chi connectivity index (χ4n) is 1.98. The van der Waals surface area contributed by atoms with E-state index in [1.165, 1.54) is 29.4 Å². The molecule has 1 saturated heterocycles. The molecule has 0 spiro atoms. The molecule has 0 aromatic carbocycles. The van der Waals surface area contributed by atoms with Crippen molar-refractivity contribution >= 4 is 11.3 Å². The molecule has 78 valence electrons. The molecule has 0 saturated carbocycles. The summed E-state index contributed by atoms with van der Waals surface area (Å²) >= 11 is 1.77. The zero-order valence-corrected chi connectivity index (χ0v) is 9.39. The molecule has 1 aromatic heterocycles. The van der Waals surface area contributed by atoms with Crippen LogP contribution in [0.3, 0.4) is 0 Å². The quantitative estimate of drug-likeness (QED) is 0.814. The van der Waals surface area contributed by atoms with Gasteiger partial charge in [-0.2, -0.15) is 0 Å². The minimum absolute atomic E-state index is 0.627. The summed E-state index contributed by atoms with van der Waals surface area (Å²) in [7, 11) is 2.19. The van der Waals surface area contributed by atoms with Gasteiger partial charge in [-0.05, 0) is 25.9 Å². The Hall–Kier alpha value is -0.450. The number of nitrogens with two attached hydrogens (primary N) is 1. The van der Waals surface area contributed by atoms with Crippen LogP contribution in [0.5, 0.6) is 0 Å². The predicted octanol–water partition coefficient (Wildman–Crippen LogP) is 1.10. The van der Waals surface area contributed by atoms with Gasteiger partial charge in [0.05, 0.1) is 5.01 Å². The molecule has 2 rings (SSSR count). The molecule has 0 aliphatic carbocycles. The SMILES string of the molecule is CN1CCC(Cc2ncc(CN)s2)C1. The van der Waals surface area contributed by atoms with E-state index in [1.807, 2.05) is 6.20 Å². The average molecular weight is 211 g/mol. The summed E-state index contributed by atoms with van der Waals surface area (Å²) in [6.07, 6.45) is 4.36. The third kappa shape index (κ3) is 2.32. The molecular weight excluding hydrogens is 194 g/mol. The lowest BCUT2D eigenvalue weighted by Gasteiger charge is -2.07. The van der Waals surface area contributed by atoms with Crippen LogP contribution >= 0.6 is 11.3 Å². The van der Waals surface area contributed by atoms with Gasteiger partial charge in [0.1, 0.15) is 0 Å². The molecule has 1 atom stereocenters. The van der Waals surface area contributed by atoms with Crippen molar-refractivity contribution in [3.05, 3.63) is 16.1 Å². The Morgan fingerprint density at radius 2 is 2.57 bits per heavy atom. The molecule has 1 unspecified atom stereocenters. The third-order valence-corrected chi connectivity index (χ3v) is 3.80. The van der Waals surface area contributed by atoms with Crippen LogP contribution in [0.1, 0.15) is 16.3 Å².